The molecule has 0 radical (unpaired) electrons. The molecule has 0 aliphatic heterocycles. The number of methoxy groups -OCH3 is 1. The Kier molecular flexibility index (Phi) is 2.83. The van der Waals surface area contributed by atoms with Gasteiger partial charge in [-0.25, -0.2) is 4.98 Å². The maximum absolute atomic E-state index is 5.89. The van der Waals surface area contributed by atoms with Crippen LogP contribution < -0.4 is 10.5 Å². The zero-order chi connectivity index (χ0) is 11.7. The molecule has 0 atom stereocenters. The van der Waals surface area contributed by atoms with Crippen molar-refractivity contribution in [2.24, 2.45) is 0 Å². The number of nitrogens with zero attached hydrogens (tertiary/aromatic N) is 1. The lowest BCUT2D eigenvalue weighted by molar-refractivity contribution is 0.411. The first-order valence-electron chi connectivity index (χ1n) is 4.98. The van der Waals surface area contributed by atoms with Gasteiger partial charge < -0.3 is 10.5 Å². The van der Waals surface area contributed by atoms with Crippen molar-refractivity contribution in [3.8, 4) is 17.0 Å². The van der Waals surface area contributed by atoms with E-state index in [2.05, 4.69) is 11.9 Å². The Hall–Kier alpha value is -1.55. The fourth-order valence-electron chi connectivity index (χ4n) is 1.73. The second-order valence-corrected chi connectivity index (χ2v) is 4.52. The fraction of sp³-hybridized carbons (Fsp3) is 0.250. The quantitative estimate of drug-likeness (QED) is 0.869. The average molecular weight is 234 g/mol. The number of anilines is 1. The molecule has 0 saturated carbocycles. The summed E-state index contributed by atoms with van der Waals surface area (Å²) in [5, 5.41) is 0.757. The molecule has 0 spiro atoms. The van der Waals surface area contributed by atoms with Crippen LogP contribution in [-0.4, -0.2) is 12.1 Å². The third kappa shape index (κ3) is 1.65. The first-order chi connectivity index (χ1) is 7.65. The van der Waals surface area contributed by atoms with Gasteiger partial charge in [-0.3, -0.25) is 0 Å². The molecule has 0 amide bonds. The van der Waals surface area contributed by atoms with E-state index < -0.39 is 0 Å². The Bertz CT molecular complexity index is 520. The molecular weight excluding hydrogens is 220 g/mol. The van der Waals surface area contributed by atoms with Crippen LogP contribution in [0.3, 0.4) is 0 Å². The number of benzene rings is 1. The van der Waals surface area contributed by atoms with Crippen molar-refractivity contribution in [2.75, 3.05) is 12.8 Å². The molecule has 1 aromatic heterocycles. The lowest BCUT2D eigenvalue weighted by Crippen LogP contribution is -1.94. The minimum absolute atomic E-state index is 0.757. The second-order valence-electron chi connectivity index (χ2n) is 3.63. The Morgan fingerprint density at radius 1 is 1.25 bits per heavy atom. The van der Waals surface area contributed by atoms with Crippen LogP contribution in [0.1, 0.15) is 11.1 Å². The number of hydrogen-bond acceptors (Lipinski definition) is 4. The Balaban J connectivity index is 2.60. The van der Waals surface area contributed by atoms with Crippen molar-refractivity contribution in [3.05, 3.63) is 28.8 Å². The summed E-state index contributed by atoms with van der Waals surface area (Å²) in [4.78, 5) is 4.30. The van der Waals surface area contributed by atoms with Crippen molar-refractivity contribution in [1.29, 1.82) is 0 Å². The minimum atomic E-state index is 0.757. The summed E-state index contributed by atoms with van der Waals surface area (Å²) in [5.41, 5.74) is 11.9. The van der Waals surface area contributed by atoms with Crippen LogP contribution in [0, 0.1) is 13.8 Å². The fourth-order valence-corrected chi connectivity index (χ4v) is 2.28. The number of rotatable bonds is 2. The van der Waals surface area contributed by atoms with Crippen molar-refractivity contribution in [3.63, 3.8) is 0 Å². The van der Waals surface area contributed by atoms with Gasteiger partial charge in [-0.1, -0.05) is 0 Å². The number of nitrogens with two attached hydrogens (primary N) is 1. The molecule has 1 aromatic carbocycles. The maximum Gasteiger partial charge on any atom is 0.122 e. The molecule has 84 valence electrons. The Morgan fingerprint density at radius 3 is 2.56 bits per heavy atom. The van der Waals surface area contributed by atoms with Crippen LogP contribution in [-0.2, 0) is 0 Å². The van der Waals surface area contributed by atoms with E-state index in [0.717, 1.165) is 33.1 Å². The summed E-state index contributed by atoms with van der Waals surface area (Å²) in [6, 6.07) is 3.96. The number of aromatic nitrogens is 1. The predicted molar refractivity (Wildman–Crippen MR) is 68.0 cm³/mol. The van der Waals surface area contributed by atoms with Gasteiger partial charge in [0, 0.05) is 5.56 Å². The van der Waals surface area contributed by atoms with E-state index in [4.69, 9.17) is 10.5 Å². The normalized spacial score (nSPS) is 10.4. The topological polar surface area (TPSA) is 48.1 Å². The summed E-state index contributed by atoms with van der Waals surface area (Å²) >= 11 is 1.46. The Labute approximate surface area is 98.9 Å². The molecule has 0 unspecified atom stereocenters. The van der Waals surface area contributed by atoms with E-state index in [9.17, 15) is 0 Å². The predicted octanol–water partition coefficient (Wildman–Crippen LogP) is 3.02. The maximum atomic E-state index is 5.89. The van der Waals surface area contributed by atoms with E-state index in [0.29, 0.717) is 0 Å². The van der Waals surface area contributed by atoms with Crippen LogP contribution in [0.15, 0.2) is 17.6 Å². The zero-order valence-electron chi connectivity index (χ0n) is 9.57. The molecule has 0 aliphatic rings. The largest absolute Gasteiger partial charge is 0.496 e. The molecule has 0 bridgehead atoms. The summed E-state index contributed by atoms with van der Waals surface area (Å²) < 4.78 is 5.28. The summed E-state index contributed by atoms with van der Waals surface area (Å²) in [5.74, 6) is 0.898. The first kappa shape index (κ1) is 11.0. The van der Waals surface area contributed by atoms with Gasteiger partial charge in [0.25, 0.3) is 0 Å². The molecule has 16 heavy (non-hydrogen) atoms. The van der Waals surface area contributed by atoms with Crippen LogP contribution in [0.4, 0.5) is 5.00 Å². The van der Waals surface area contributed by atoms with E-state index in [-0.39, 0.29) is 0 Å². The van der Waals surface area contributed by atoms with Gasteiger partial charge in [0.15, 0.2) is 0 Å². The van der Waals surface area contributed by atoms with Crippen molar-refractivity contribution in [2.45, 2.75) is 13.8 Å². The molecule has 3 nitrogen and oxygen atoms in total. The molecule has 2 rings (SSSR count). The van der Waals surface area contributed by atoms with Gasteiger partial charge in [0.1, 0.15) is 16.4 Å². The molecule has 2 N–H and O–H groups in total. The highest BCUT2D eigenvalue weighted by Gasteiger charge is 2.12. The summed E-state index contributed by atoms with van der Waals surface area (Å²) in [6.07, 6.45) is 0. The smallest absolute Gasteiger partial charge is 0.122 e. The first-order valence-corrected chi connectivity index (χ1v) is 5.86. The highest BCUT2D eigenvalue weighted by atomic mass is 32.1. The van der Waals surface area contributed by atoms with Crippen LogP contribution in [0.2, 0.25) is 0 Å². The lowest BCUT2D eigenvalue weighted by atomic mass is 10.0. The zero-order valence-corrected chi connectivity index (χ0v) is 10.4. The average Bonchev–Trinajstić information content (AvgIpc) is 2.69. The van der Waals surface area contributed by atoms with Crippen molar-refractivity contribution >= 4 is 16.3 Å². The SMILES string of the molecule is COc1ccc(-c2ncsc2N)c(C)c1C. The van der Waals surface area contributed by atoms with Crippen molar-refractivity contribution < 1.29 is 4.74 Å². The van der Waals surface area contributed by atoms with E-state index in [1.54, 1.807) is 12.6 Å². The van der Waals surface area contributed by atoms with Gasteiger partial charge in [-0.05, 0) is 37.1 Å². The standard InChI is InChI=1S/C12H14N2OS/c1-7-8(2)10(15-3)5-4-9(7)11-12(13)16-6-14-11/h4-6H,13H2,1-3H3. The Morgan fingerprint density at radius 2 is 2.00 bits per heavy atom. The molecule has 2 aromatic rings. The summed E-state index contributed by atoms with van der Waals surface area (Å²) in [7, 11) is 1.68. The molecule has 0 saturated heterocycles. The minimum Gasteiger partial charge on any atom is -0.496 e. The monoisotopic (exact) mass is 234 g/mol. The van der Waals surface area contributed by atoms with Crippen LogP contribution in [0.5, 0.6) is 5.75 Å². The second kappa shape index (κ2) is 4.14. The van der Waals surface area contributed by atoms with E-state index in [1.165, 1.54) is 11.3 Å². The highest BCUT2D eigenvalue weighted by molar-refractivity contribution is 7.14. The molecule has 1 heterocycles. The van der Waals surface area contributed by atoms with Crippen LogP contribution in [0.25, 0.3) is 11.3 Å². The number of hydrogen-bond donors (Lipinski definition) is 1. The molecule has 0 aliphatic carbocycles. The molecule has 4 heteroatoms. The third-order valence-electron chi connectivity index (χ3n) is 2.81. The van der Waals surface area contributed by atoms with E-state index >= 15 is 0 Å². The van der Waals surface area contributed by atoms with Crippen molar-refractivity contribution in [1.82, 2.24) is 4.98 Å². The van der Waals surface area contributed by atoms with E-state index in [1.807, 2.05) is 19.1 Å². The third-order valence-corrected chi connectivity index (χ3v) is 3.47. The number of nitrogen functional groups attached to an aromatic ring is 1. The molecule has 0 fully saturated rings. The van der Waals surface area contributed by atoms with Gasteiger partial charge in [0.05, 0.1) is 12.6 Å². The number of ether oxygens (including phenoxy) is 1. The van der Waals surface area contributed by atoms with Gasteiger partial charge >= 0.3 is 0 Å². The summed E-state index contributed by atoms with van der Waals surface area (Å²) in [6.45, 7) is 4.10. The van der Waals surface area contributed by atoms with Crippen LogP contribution >= 0.6 is 11.3 Å². The lowest BCUT2D eigenvalue weighted by Gasteiger charge is -2.11. The van der Waals surface area contributed by atoms with Gasteiger partial charge in [-0.2, -0.15) is 0 Å². The molecular formula is C12H14N2OS. The highest BCUT2D eigenvalue weighted by Crippen LogP contribution is 2.34. The van der Waals surface area contributed by atoms with Gasteiger partial charge in [-0.15, -0.1) is 11.3 Å². The van der Waals surface area contributed by atoms with Gasteiger partial charge in [0.2, 0.25) is 0 Å². The number of thiazole rings is 1.